The smallest absolute Gasteiger partial charge is 0.303 e. The second kappa shape index (κ2) is 4.91. The van der Waals surface area contributed by atoms with Crippen molar-refractivity contribution in [2.24, 2.45) is 0 Å². The van der Waals surface area contributed by atoms with Crippen molar-refractivity contribution in [3.63, 3.8) is 0 Å². The maximum absolute atomic E-state index is 12.6. The van der Waals surface area contributed by atoms with E-state index in [0.29, 0.717) is 6.07 Å². The monoisotopic (exact) mass is 334 g/mol. The average molecular weight is 335 g/mol. The Kier molecular flexibility index (Phi) is 4.09. The van der Waals surface area contributed by atoms with Gasteiger partial charge in [-0.15, -0.1) is 0 Å². The zero-order valence-corrected chi connectivity index (χ0v) is 10.1. The van der Waals surface area contributed by atoms with Crippen LogP contribution >= 0.6 is 15.9 Å². The Hall–Kier alpha value is -1.05. The molecule has 0 radical (unpaired) electrons. The Labute approximate surface area is 106 Å². The number of alkyl halides is 6. The van der Waals surface area contributed by atoms with Crippen LogP contribution in [0.15, 0.2) is 16.6 Å². The number of carbonyl (C=O) groups excluding carboxylic acids is 1. The predicted octanol–water partition coefficient (Wildman–Crippen LogP) is 4.23. The summed E-state index contributed by atoms with van der Waals surface area (Å²) in [5.41, 5.74) is -3.24. The van der Waals surface area contributed by atoms with E-state index in [4.69, 9.17) is 0 Å². The summed E-state index contributed by atoms with van der Waals surface area (Å²) in [6, 6.07) is 0.534. The van der Waals surface area contributed by atoms with Gasteiger partial charge >= 0.3 is 12.4 Å². The van der Waals surface area contributed by atoms with Crippen LogP contribution < -0.4 is 0 Å². The second-order valence-corrected chi connectivity index (χ2v) is 4.16. The lowest BCUT2D eigenvalue weighted by Gasteiger charge is -2.15. The summed E-state index contributed by atoms with van der Waals surface area (Å²) in [5.74, 6) is 0. The number of halogens is 7. The Morgan fingerprint density at radius 2 is 1.61 bits per heavy atom. The van der Waals surface area contributed by atoms with Crippen LogP contribution in [0.2, 0.25) is 0 Å². The molecule has 1 rings (SSSR count). The van der Waals surface area contributed by atoms with Crippen LogP contribution in [0.5, 0.6) is 0 Å². The van der Waals surface area contributed by atoms with Crippen molar-refractivity contribution >= 4 is 22.2 Å². The summed E-state index contributed by atoms with van der Waals surface area (Å²) in [4.78, 5) is 10.3. The van der Waals surface area contributed by atoms with Crippen molar-refractivity contribution < 1.29 is 31.1 Å². The average Bonchev–Trinajstić information content (AvgIpc) is 2.17. The van der Waals surface area contributed by atoms with Crippen molar-refractivity contribution in [3.8, 4) is 0 Å². The van der Waals surface area contributed by atoms with Gasteiger partial charge in [-0.2, -0.15) is 26.3 Å². The quantitative estimate of drug-likeness (QED) is 0.584. The largest absolute Gasteiger partial charge is 0.417 e. The lowest BCUT2D eigenvalue weighted by atomic mass is 10.0. The highest BCUT2D eigenvalue weighted by Gasteiger charge is 2.38. The Morgan fingerprint density at radius 1 is 1.06 bits per heavy atom. The number of hydrogen-bond donors (Lipinski definition) is 0. The molecule has 0 fully saturated rings. The lowest BCUT2D eigenvalue weighted by Crippen LogP contribution is -2.13. The molecule has 0 N–H and O–H groups in total. The molecule has 0 aromatic heterocycles. The van der Waals surface area contributed by atoms with Crippen LogP contribution in [-0.4, -0.2) is 6.29 Å². The molecule has 0 heterocycles. The molecule has 0 saturated carbocycles. The second-order valence-electron chi connectivity index (χ2n) is 3.36. The van der Waals surface area contributed by atoms with Gasteiger partial charge in [0.1, 0.15) is 6.29 Å². The molecular formula is C10H5BrF6O. The molecule has 0 atom stereocenters. The van der Waals surface area contributed by atoms with Crippen molar-refractivity contribution in [1.29, 1.82) is 0 Å². The van der Waals surface area contributed by atoms with E-state index in [-0.39, 0.29) is 17.9 Å². The van der Waals surface area contributed by atoms with Crippen LogP contribution in [0.25, 0.3) is 0 Å². The summed E-state index contributed by atoms with van der Waals surface area (Å²) < 4.78 is 74.4. The molecule has 1 aromatic carbocycles. The fourth-order valence-electron chi connectivity index (χ4n) is 1.29. The van der Waals surface area contributed by atoms with Crippen LogP contribution in [0.1, 0.15) is 16.7 Å². The molecule has 0 spiro atoms. The van der Waals surface area contributed by atoms with Crippen LogP contribution in [0, 0.1) is 0 Å². The SMILES string of the molecule is O=CCc1cc(C(F)(F)F)cc(C(F)(F)F)c1Br. The van der Waals surface area contributed by atoms with Crippen molar-refractivity contribution in [3.05, 3.63) is 33.3 Å². The molecule has 0 aliphatic rings. The van der Waals surface area contributed by atoms with Crippen molar-refractivity contribution in [2.75, 3.05) is 0 Å². The number of hydrogen-bond acceptors (Lipinski definition) is 1. The van der Waals surface area contributed by atoms with E-state index in [9.17, 15) is 31.1 Å². The minimum absolute atomic E-state index is 0.0123. The minimum Gasteiger partial charge on any atom is -0.303 e. The molecule has 1 nitrogen and oxygen atoms in total. The number of carbonyl (C=O) groups is 1. The number of rotatable bonds is 2. The van der Waals surface area contributed by atoms with E-state index in [0.717, 1.165) is 0 Å². The molecule has 0 amide bonds. The summed E-state index contributed by atoms with van der Waals surface area (Å²) in [7, 11) is 0. The summed E-state index contributed by atoms with van der Waals surface area (Å²) in [6.07, 6.45) is -10.1. The number of benzene rings is 1. The van der Waals surface area contributed by atoms with Gasteiger partial charge in [-0.25, -0.2) is 0 Å². The highest BCUT2D eigenvalue weighted by Crippen LogP contribution is 2.41. The first kappa shape index (κ1) is 15.0. The van der Waals surface area contributed by atoms with E-state index in [1.807, 2.05) is 0 Å². The van der Waals surface area contributed by atoms with E-state index in [2.05, 4.69) is 15.9 Å². The molecule has 0 aliphatic heterocycles. The molecule has 1 aromatic rings. The van der Waals surface area contributed by atoms with Gasteiger partial charge < -0.3 is 4.79 Å². The Morgan fingerprint density at radius 3 is 2.00 bits per heavy atom. The van der Waals surface area contributed by atoms with Crippen LogP contribution in [-0.2, 0) is 23.6 Å². The number of aldehydes is 1. The summed E-state index contributed by atoms with van der Waals surface area (Å²) in [5, 5.41) is 0. The zero-order chi connectivity index (χ0) is 14.1. The van der Waals surface area contributed by atoms with Gasteiger partial charge in [0.2, 0.25) is 0 Å². The Balaban J connectivity index is 3.52. The summed E-state index contributed by atoms with van der Waals surface area (Å²) >= 11 is 2.57. The van der Waals surface area contributed by atoms with E-state index < -0.39 is 34.4 Å². The molecule has 100 valence electrons. The molecule has 0 saturated heterocycles. The third-order valence-electron chi connectivity index (χ3n) is 2.08. The first-order chi connectivity index (χ1) is 8.07. The zero-order valence-electron chi connectivity index (χ0n) is 8.49. The van der Waals surface area contributed by atoms with E-state index in [1.165, 1.54) is 0 Å². The fraction of sp³-hybridized carbons (Fsp3) is 0.300. The predicted molar refractivity (Wildman–Crippen MR) is 53.9 cm³/mol. The van der Waals surface area contributed by atoms with Crippen LogP contribution in [0.4, 0.5) is 26.3 Å². The van der Waals surface area contributed by atoms with Gasteiger partial charge in [0.05, 0.1) is 11.1 Å². The highest BCUT2D eigenvalue weighted by atomic mass is 79.9. The molecule has 0 bridgehead atoms. The highest BCUT2D eigenvalue weighted by molar-refractivity contribution is 9.10. The van der Waals surface area contributed by atoms with Gasteiger partial charge in [-0.05, 0) is 33.6 Å². The van der Waals surface area contributed by atoms with E-state index >= 15 is 0 Å². The van der Waals surface area contributed by atoms with E-state index in [1.54, 1.807) is 0 Å². The first-order valence-electron chi connectivity index (χ1n) is 4.48. The molecule has 18 heavy (non-hydrogen) atoms. The maximum Gasteiger partial charge on any atom is 0.417 e. The fourth-order valence-corrected chi connectivity index (χ4v) is 1.91. The van der Waals surface area contributed by atoms with Crippen molar-refractivity contribution in [2.45, 2.75) is 18.8 Å². The maximum atomic E-state index is 12.6. The van der Waals surface area contributed by atoms with Gasteiger partial charge in [0.15, 0.2) is 0 Å². The normalized spacial score (nSPS) is 12.6. The van der Waals surface area contributed by atoms with Crippen molar-refractivity contribution in [1.82, 2.24) is 0 Å². The standard InChI is InChI=1S/C10H5BrF6O/c11-8-5(1-2-18)3-6(9(12,13)14)4-7(8)10(15,16)17/h2-4H,1H2. The topological polar surface area (TPSA) is 17.1 Å². The molecule has 8 heteroatoms. The Bertz CT molecular complexity index is 463. The van der Waals surface area contributed by atoms with Gasteiger partial charge in [0, 0.05) is 10.9 Å². The van der Waals surface area contributed by atoms with Gasteiger partial charge in [-0.3, -0.25) is 0 Å². The summed E-state index contributed by atoms with van der Waals surface area (Å²) in [6.45, 7) is 0. The van der Waals surface area contributed by atoms with Gasteiger partial charge in [0.25, 0.3) is 0 Å². The first-order valence-corrected chi connectivity index (χ1v) is 5.27. The third-order valence-corrected chi connectivity index (χ3v) is 3.02. The lowest BCUT2D eigenvalue weighted by molar-refractivity contribution is -0.143. The van der Waals surface area contributed by atoms with Gasteiger partial charge in [-0.1, -0.05) is 0 Å². The molecule has 0 unspecified atom stereocenters. The van der Waals surface area contributed by atoms with Crippen LogP contribution in [0.3, 0.4) is 0 Å². The molecule has 0 aliphatic carbocycles. The minimum atomic E-state index is -4.93. The molecular weight excluding hydrogens is 330 g/mol. The third kappa shape index (κ3) is 3.24.